The number of hydrogen-bond acceptors (Lipinski definition) is 4. The summed E-state index contributed by atoms with van der Waals surface area (Å²) in [6.07, 6.45) is 1.19. The molecule has 1 aliphatic rings. The molecular weight excluding hydrogens is 370 g/mol. The summed E-state index contributed by atoms with van der Waals surface area (Å²) in [6, 6.07) is 22.9. The first-order chi connectivity index (χ1) is 13.6. The van der Waals surface area contributed by atoms with Gasteiger partial charge in [-0.3, -0.25) is 0 Å². The van der Waals surface area contributed by atoms with E-state index in [9.17, 15) is 8.42 Å². The maximum Gasteiger partial charge on any atom is 0.182 e. The first kappa shape index (κ1) is 18.7. The third-order valence-electron chi connectivity index (χ3n) is 5.28. The zero-order valence-electron chi connectivity index (χ0n) is 15.5. The normalized spacial score (nSPS) is 13.6. The molecule has 1 aliphatic carbocycles. The smallest absolute Gasteiger partial charge is 0.182 e. The fourth-order valence-corrected chi connectivity index (χ4v) is 5.35. The van der Waals surface area contributed by atoms with Crippen LogP contribution in [0, 0.1) is 0 Å². The Hall–Kier alpha value is -2.63. The van der Waals surface area contributed by atoms with Crippen molar-refractivity contribution < 1.29 is 13.2 Å². The molecule has 3 aromatic carbocycles. The van der Waals surface area contributed by atoms with Gasteiger partial charge in [0.2, 0.25) is 0 Å². The van der Waals surface area contributed by atoms with E-state index in [0.717, 1.165) is 12.2 Å². The summed E-state index contributed by atoms with van der Waals surface area (Å²) < 4.78 is 31.6. The molecule has 0 radical (unpaired) electrons. The van der Waals surface area contributed by atoms with Crippen LogP contribution in [0.5, 0.6) is 5.75 Å². The second kappa shape index (κ2) is 7.78. The molecule has 0 heterocycles. The Kier molecular flexibility index (Phi) is 5.20. The molecule has 2 N–H and O–H groups in total. The van der Waals surface area contributed by atoms with Crippen LogP contribution >= 0.6 is 0 Å². The Labute approximate surface area is 165 Å². The van der Waals surface area contributed by atoms with Crippen molar-refractivity contribution in [2.45, 2.75) is 23.0 Å². The van der Waals surface area contributed by atoms with E-state index < -0.39 is 15.1 Å². The number of rotatable bonds is 7. The molecule has 0 aliphatic heterocycles. The van der Waals surface area contributed by atoms with Gasteiger partial charge in [-0.15, -0.1) is 0 Å². The van der Waals surface area contributed by atoms with Crippen molar-refractivity contribution in [3.8, 4) is 16.9 Å². The molecule has 0 saturated heterocycles. The second-order valence-corrected chi connectivity index (χ2v) is 9.20. The summed E-state index contributed by atoms with van der Waals surface area (Å²) in [7, 11) is -3.47. The summed E-state index contributed by atoms with van der Waals surface area (Å²) in [5.74, 6) is 0.821. The van der Waals surface area contributed by atoms with Gasteiger partial charge < -0.3 is 10.5 Å². The van der Waals surface area contributed by atoms with Crippen molar-refractivity contribution in [1.82, 2.24) is 0 Å². The molecule has 0 amide bonds. The molecule has 4 nitrogen and oxygen atoms in total. The average molecular weight is 394 g/mol. The third kappa shape index (κ3) is 3.43. The highest BCUT2D eigenvalue weighted by Gasteiger charge is 2.26. The second-order valence-electron chi connectivity index (χ2n) is 6.97. The molecule has 1 unspecified atom stereocenters. The molecular formula is C23H23NO3S. The summed E-state index contributed by atoms with van der Waals surface area (Å²) in [5, 5.41) is -0.663. The SMILES string of the molecule is NCC(CCOc1cccc2c1Cc1ccccc1-2)S(=O)(=O)c1ccccc1. The van der Waals surface area contributed by atoms with E-state index in [2.05, 4.69) is 18.2 Å². The molecule has 28 heavy (non-hydrogen) atoms. The largest absolute Gasteiger partial charge is 0.493 e. The van der Waals surface area contributed by atoms with Gasteiger partial charge in [-0.05, 0) is 41.3 Å². The summed E-state index contributed by atoms with van der Waals surface area (Å²) >= 11 is 0. The van der Waals surface area contributed by atoms with Crippen LogP contribution in [0.2, 0.25) is 0 Å². The van der Waals surface area contributed by atoms with Crippen LogP contribution in [0.1, 0.15) is 17.5 Å². The minimum Gasteiger partial charge on any atom is -0.493 e. The molecule has 0 spiro atoms. The Morgan fingerprint density at radius 1 is 0.893 bits per heavy atom. The number of ether oxygens (including phenoxy) is 1. The number of sulfone groups is 1. The lowest BCUT2D eigenvalue weighted by Gasteiger charge is -2.17. The summed E-state index contributed by atoms with van der Waals surface area (Å²) in [5.41, 5.74) is 10.7. The minimum absolute atomic E-state index is 0.0684. The maximum atomic E-state index is 12.8. The van der Waals surface area contributed by atoms with E-state index in [-0.39, 0.29) is 6.54 Å². The molecule has 0 aromatic heterocycles. The first-order valence-corrected chi connectivity index (χ1v) is 11.0. The fraction of sp³-hybridized carbons (Fsp3) is 0.217. The van der Waals surface area contributed by atoms with Crippen LogP contribution < -0.4 is 10.5 Å². The molecule has 0 fully saturated rings. The summed E-state index contributed by atoms with van der Waals surface area (Å²) in [6.45, 7) is 0.375. The predicted molar refractivity (Wildman–Crippen MR) is 111 cm³/mol. The standard InChI is InChI=1S/C23H23NO3S/c24-16-19(28(25,26)18-8-2-1-3-9-18)13-14-27-23-12-6-11-21-20-10-5-4-7-17(20)15-22(21)23/h1-12,19H,13-16,24H2. The predicted octanol–water partition coefficient (Wildman–Crippen LogP) is 3.83. The Bertz CT molecular complexity index is 1080. The van der Waals surface area contributed by atoms with E-state index in [1.54, 1.807) is 30.3 Å². The molecule has 0 saturated carbocycles. The monoisotopic (exact) mass is 393 g/mol. The van der Waals surface area contributed by atoms with Gasteiger partial charge in [0.15, 0.2) is 9.84 Å². The van der Waals surface area contributed by atoms with Gasteiger partial charge in [0, 0.05) is 18.5 Å². The van der Waals surface area contributed by atoms with Crippen LogP contribution in [-0.4, -0.2) is 26.8 Å². The van der Waals surface area contributed by atoms with Crippen molar-refractivity contribution >= 4 is 9.84 Å². The van der Waals surface area contributed by atoms with E-state index in [1.165, 1.54) is 22.3 Å². The van der Waals surface area contributed by atoms with Crippen LogP contribution in [0.15, 0.2) is 77.7 Å². The molecule has 4 rings (SSSR count). The van der Waals surface area contributed by atoms with Gasteiger partial charge in [-0.2, -0.15) is 0 Å². The van der Waals surface area contributed by atoms with E-state index in [4.69, 9.17) is 10.5 Å². The molecule has 1 atom stereocenters. The van der Waals surface area contributed by atoms with Crippen molar-refractivity contribution in [2.24, 2.45) is 5.73 Å². The van der Waals surface area contributed by atoms with Crippen LogP contribution in [0.3, 0.4) is 0 Å². The van der Waals surface area contributed by atoms with Gasteiger partial charge in [-0.25, -0.2) is 8.42 Å². The zero-order chi connectivity index (χ0) is 19.6. The number of nitrogens with two attached hydrogens (primary N) is 1. The number of benzene rings is 3. The average Bonchev–Trinajstić information content (AvgIpc) is 3.11. The lowest BCUT2D eigenvalue weighted by atomic mass is 10.1. The highest BCUT2D eigenvalue weighted by atomic mass is 32.2. The third-order valence-corrected chi connectivity index (χ3v) is 7.51. The van der Waals surface area contributed by atoms with Crippen LogP contribution in [0.4, 0.5) is 0 Å². The van der Waals surface area contributed by atoms with Gasteiger partial charge in [0.25, 0.3) is 0 Å². The van der Waals surface area contributed by atoms with Crippen molar-refractivity contribution in [3.05, 3.63) is 83.9 Å². The minimum atomic E-state index is -3.47. The van der Waals surface area contributed by atoms with Crippen molar-refractivity contribution in [2.75, 3.05) is 13.2 Å². The van der Waals surface area contributed by atoms with Crippen LogP contribution in [0.25, 0.3) is 11.1 Å². The van der Waals surface area contributed by atoms with E-state index in [1.807, 2.05) is 24.3 Å². The maximum absolute atomic E-state index is 12.8. The lowest BCUT2D eigenvalue weighted by Crippen LogP contribution is -2.31. The highest BCUT2D eigenvalue weighted by Crippen LogP contribution is 2.41. The first-order valence-electron chi connectivity index (χ1n) is 9.43. The van der Waals surface area contributed by atoms with Gasteiger partial charge >= 0.3 is 0 Å². The molecule has 5 heteroatoms. The van der Waals surface area contributed by atoms with Gasteiger partial charge in [0.05, 0.1) is 16.8 Å². The number of hydrogen-bond donors (Lipinski definition) is 1. The Morgan fingerprint density at radius 3 is 2.39 bits per heavy atom. The zero-order valence-corrected chi connectivity index (χ0v) is 16.4. The Balaban J connectivity index is 1.47. The van der Waals surface area contributed by atoms with E-state index in [0.29, 0.717) is 17.9 Å². The number of fused-ring (bicyclic) bond motifs is 3. The fourth-order valence-electron chi connectivity index (χ4n) is 3.77. The lowest BCUT2D eigenvalue weighted by molar-refractivity contribution is 0.305. The Morgan fingerprint density at radius 2 is 1.61 bits per heavy atom. The molecule has 144 valence electrons. The van der Waals surface area contributed by atoms with Crippen molar-refractivity contribution in [3.63, 3.8) is 0 Å². The van der Waals surface area contributed by atoms with Crippen molar-refractivity contribution in [1.29, 1.82) is 0 Å². The topological polar surface area (TPSA) is 69.4 Å². The molecule has 0 bridgehead atoms. The highest BCUT2D eigenvalue weighted by molar-refractivity contribution is 7.92. The van der Waals surface area contributed by atoms with Gasteiger partial charge in [-0.1, -0.05) is 54.6 Å². The quantitative estimate of drug-likeness (QED) is 0.518. The van der Waals surface area contributed by atoms with Gasteiger partial charge in [0.1, 0.15) is 5.75 Å². The van der Waals surface area contributed by atoms with E-state index >= 15 is 0 Å². The molecule has 3 aromatic rings. The van der Waals surface area contributed by atoms with Crippen LogP contribution in [-0.2, 0) is 16.3 Å². The summed E-state index contributed by atoms with van der Waals surface area (Å²) in [4.78, 5) is 0.307.